The summed E-state index contributed by atoms with van der Waals surface area (Å²) in [4.78, 5) is 30.9. The number of carbonyl (C=O) groups excluding carboxylic acids is 1. The summed E-state index contributed by atoms with van der Waals surface area (Å²) in [7, 11) is 0. The summed E-state index contributed by atoms with van der Waals surface area (Å²) in [5.41, 5.74) is 2.64. The number of thioether (sulfide) groups is 1. The minimum absolute atomic E-state index is 0.0128. The zero-order chi connectivity index (χ0) is 24.9. The van der Waals surface area contributed by atoms with Gasteiger partial charge in [0.05, 0.1) is 22.9 Å². The summed E-state index contributed by atoms with van der Waals surface area (Å²) < 4.78 is 5.91. The molecule has 36 heavy (non-hydrogen) atoms. The number of non-ortho nitro benzene ring substituents is 1. The van der Waals surface area contributed by atoms with Crippen LogP contribution in [-0.2, 0) is 17.9 Å². The quantitative estimate of drug-likeness (QED) is 0.165. The van der Waals surface area contributed by atoms with E-state index in [0.717, 1.165) is 11.1 Å². The van der Waals surface area contributed by atoms with Gasteiger partial charge in [-0.2, -0.15) is 0 Å². The van der Waals surface area contributed by atoms with Crippen molar-refractivity contribution in [3.63, 3.8) is 0 Å². The highest BCUT2D eigenvalue weighted by Crippen LogP contribution is 2.35. The first kappa shape index (κ1) is 23.3. The van der Waals surface area contributed by atoms with Crippen molar-refractivity contribution in [1.82, 2.24) is 4.90 Å². The van der Waals surface area contributed by atoms with Crippen LogP contribution in [0.25, 0.3) is 17.4 Å². The van der Waals surface area contributed by atoms with Crippen LogP contribution in [0.1, 0.15) is 16.9 Å². The summed E-state index contributed by atoms with van der Waals surface area (Å²) in [5.74, 6) is 0.820. The summed E-state index contributed by atoms with van der Waals surface area (Å²) in [5, 5.41) is 11.7. The normalized spacial score (nSPS) is 15.7. The maximum atomic E-state index is 13.4. The summed E-state index contributed by atoms with van der Waals surface area (Å²) in [6.45, 7) is 0.876. The summed E-state index contributed by atoms with van der Waals surface area (Å²) in [6.07, 6.45) is 1.69. The van der Waals surface area contributed by atoms with Gasteiger partial charge in [-0.05, 0) is 35.0 Å². The first-order valence-electron chi connectivity index (χ1n) is 11.3. The molecule has 1 aromatic heterocycles. The number of carbonyl (C=O) groups is 1. The molecular formula is C28H21N3O4S. The van der Waals surface area contributed by atoms with Crippen molar-refractivity contribution in [2.24, 2.45) is 4.99 Å². The second-order valence-corrected chi connectivity index (χ2v) is 9.09. The highest BCUT2D eigenvalue weighted by atomic mass is 32.2. The van der Waals surface area contributed by atoms with Crippen molar-refractivity contribution in [2.75, 3.05) is 0 Å². The zero-order valence-electron chi connectivity index (χ0n) is 19.1. The molecule has 8 heteroatoms. The molecule has 178 valence electrons. The van der Waals surface area contributed by atoms with E-state index in [4.69, 9.17) is 9.41 Å². The molecule has 1 aliphatic rings. The second-order valence-electron chi connectivity index (χ2n) is 8.08. The van der Waals surface area contributed by atoms with Gasteiger partial charge in [0.25, 0.3) is 11.6 Å². The standard InChI is InChI=1S/C28H21N3O4S/c32-27-26(17-24-14-15-25(35-24)22-12-7-13-23(16-22)31(33)34)36-28(29-18-20-8-3-1-4-9-20)30(27)19-21-10-5-2-6-11-21/h1-17H,18-19H2/b26-17-,29-28?. The van der Waals surface area contributed by atoms with Crippen LogP contribution in [0.4, 0.5) is 5.69 Å². The van der Waals surface area contributed by atoms with Gasteiger partial charge < -0.3 is 4.42 Å². The van der Waals surface area contributed by atoms with E-state index in [1.807, 2.05) is 60.7 Å². The lowest BCUT2D eigenvalue weighted by Gasteiger charge is -2.15. The van der Waals surface area contributed by atoms with Gasteiger partial charge in [0.15, 0.2) is 5.17 Å². The second kappa shape index (κ2) is 10.5. The molecule has 1 saturated heterocycles. The molecule has 0 bridgehead atoms. The number of hydrogen-bond acceptors (Lipinski definition) is 6. The maximum Gasteiger partial charge on any atom is 0.270 e. The molecule has 0 N–H and O–H groups in total. The fourth-order valence-corrected chi connectivity index (χ4v) is 4.72. The van der Waals surface area contributed by atoms with E-state index in [1.165, 1.54) is 23.9 Å². The van der Waals surface area contributed by atoms with E-state index < -0.39 is 4.92 Å². The van der Waals surface area contributed by atoms with Crippen LogP contribution in [-0.4, -0.2) is 20.9 Å². The molecule has 0 saturated carbocycles. The van der Waals surface area contributed by atoms with Crippen LogP contribution >= 0.6 is 11.8 Å². The molecule has 0 radical (unpaired) electrons. The van der Waals surface area contributed by atoms with Gasteiger partial charge in [-0.3, -0.25) is 24.8 Å². The lowest BCUT2D eigenvalue weighted by atomic mass is 10.1. The van der Waals surface area contributed by atoms with Crippen molar-refractivity contribution in [1.29, 1.82) is 0 Å². The fourth-order valence-electron chi connectivity index (χ4n) is 3.76. The molecule has 7 nitrogen and oxygen atoms in total. The Bertz CT molecular complexity index is 1460. The molecule has 3 aromatic carbocycles. The van der Waals surface area contributed by atoms with Crippen molar-refractivity contribution in [3.05, 3.63) is 129 Å². The minimum atomic E-state index is -0.444. The Balaban J connectivity index is 1.42. The van der Waals surface area contributed by atoms with Crippen LogP contribution in [0, 0.1) is 10.1 Å². The minimum Gasteiger partial charge on any atom is -0.457 e. The predicted molar refractivity (Wildman–Crippen MR) is 141 cm³/mol. The zero-order valence-corrected chi connectivity index (χ0v) is 19.9. The molecule has 4 aromatic rings. The van der Waals surface area contributed by atoms with Crippen molar-refractivity contribution in [3.8, 4) is 11.3 Å². The molecule has 1 aliphatic heterocycles. The number of nitrogens with zero attached hydrogens (tertiary/aromatic N) is 3. The Morgan fingerprint density at radius 3 is 2.36 bits per heavy atom. The van der Waals surface area contributed by atoms with Crippen molar-refractivity contribution < 1.29 is 14.1 Å². The number of hydrogen-bond donors (Lipinski definition) is 0. The average Bonchev–Trinajstić information content (AvgIpc) is 3.49. The first-order valence-corrected chi connectivity index (χ1v) is 12.1. The summed E-state index contributed by atoms with van der Waals surface area (Å²) >= 11 is 1.31. The number of furan rings is 1. The van der Waals surface area contributed by atoms with E-state index in [-0.39, 0.29) is 11.6 Å². The molecule has 5 rings (SSSR count). The molecule has 0 atom stereocenters. The van der Waals surface area contributed by atoms with E-state index >= 15 is 0 Å². The van der Waals surface area contributed by atoms with Crippen LogP contribution in [0.15, 0.2) is 111 Å². The molecule has 1 amide bonds. The van der Waals surface area contributed by atoms with Crippen LogP contribution in [0.3, 0.4) is 0 Å². The number of amidine groups is 1. The van der Waals surface area contributed by atoms with Crippen LogP contribution in [0.2, 0.25) is 0 Å². The van der Waals surface area contributed by atoms with Gasteiger partial charge in [-0.1, -0.05) is 72.8 Å². The predicted octanol–water partition coefficient (Wildman–Crippen LogP) is 6.53. The van der Waals surface area contributed by atoms with E-state index in [0.29, 0.717) is 40.2 Å². The third-order valence-electron chi connectivity index (χ3n) is 5.55. The number of rotatable bonds is 7. The van der Waals surface area contributed by atoms with Crippen LogP contribution in [0.5, 0.6) is 0 Å². The number of nitro groups is 1. The number of benzene rings is 3. The molecule has 0 aliphatic carbocycles. The maximum absolute atomic E-state index is 13.4. The number of nitro benzene ring substituents is 1. The third-order valence-corrected chi connectivity index (χ3v) is 6.60. The lowest BCUT2D eigenvalue weighted by Crippen LogP contribution is -2.28. The van der Waals surface area contributed by atoms with Crippen LogP contribution < -0.4 is 0 Å². The largest absolute Gasteiger partial charge is 0.457 e. The van der Waals surface area contributed by atoms with E-state index in [2.05, 4.69) is 0 Å². The van der Waals surface area contributed by atoms with Gasteiger partial charge in [-0.25, -0.2) is 0 Å². The molecule has 0 spiro atoms. The third kappa shape index (κ3) is 5.29. The van der Waals surface area contributed by atoms with Gasteiger partial charge in [0.1, 0.15) is 11.5 Å². The SMILES string of the molecule is O=C1/C(=C/c2ccc(-c3cccc([N+](=O)[O-])c3)o2)SC(=NCc2ccccc2)N1Cc1ccccc1. The van der Waals surface area contributed by atoms with Gasteiger partial charge >= 0.3 is 0 Å². The van der Waals surface area contributed by atoms with Gasteiger partial charge in [0.2, 0.25) is 0 Å². The van der Waals surface area contributed by atoms with Crippen molar-refractivity contribution in [2.45, 2.75) is 13.1 Å². The molecule has 2 heterocycles. The smallest absolute Gasteiger partial charge is 0.270 e. The Kier molecular flexibility index (Phi) is 6.77. The highest BCUT2D eigenvalue weighted by Gasteiger charge is 2.33. The Labute approximate surface area is 211 Å². The Hall–Kier alpha value is -4.43. The molecular weight excluding hydrogens is 474 g/mol. The van der Waals surface area contributed by atoms with Crippen molar-refractivity contribution >= 4 is 34.6 Å². The number of amides is 1. The Morgan fingerprint density at radius 1 is 0.917 bits per heavy atom. The monoisotopic (exact) mass is 495 g/mol. The van der Waals surface area contributed by atoms with E-state index in [1.54, 1.807) is 35.2 Å². The lowest BCUT2D eigenvalue weighted by molar-refractivity contribution is -0.384. The summed E-state index contributed by atoms with van der Waals surface area (Å²) in [6, 6.07) is 29.4. The average molecular weight is 496 g/mol. The topological polar surface area (TPSA) is 88.9 Å². The van der Waals surface area contributed by atoms with Gasteiger partial charge in [-0.15, -0.1) is 0 Å². The Morgan fingerprint density at radius 2 is 1.64 bits per heavy atom. The first-order chi connectivity index (χ1) is 17.6. The van der Waals surface area contributed by atoms with Gasteiger partial charge in [0, 0.05) is 23.8 Å². The van der Waals surface area contributed by atoms with E-state index in [9.17, 15) is 14.9 Å². The molecule has 1 fully saturated rings. The highest BCUT2D eigenvalue weighted by molar-refractivity contribution is 8.18. The fraction of sp³-hybridized carbons (Fsp3) is 0.0714. The number of aliphatic imine (C=N–C) groups is 1. The molecule has 0 unspecified atom stereocenters.